The van der Waals surface area contributed by atoms with Crippen molar-refractivity contribution in [3.8, 4) is 0 Å². The van der Waals surface area contributed by atoms with E-state index in [-0.39, 0.29) is 31.0 Å². The van der Waals surface area contributed by atoms with E-state index in [9.17, 15) is 0 Å². The summed E-state index contributed by atoms with van der Waals surface area (Å²) in [4.78, 5) is 0. The molecular weight excluding hydrogens is 363 g/mol. The fourth-order valence-corrected chi connectivity index (χ4v) is 1.99. The maximum Gasteiger partial charge on any atom is -1.00 e. The van der Waals surface area contributed by atoms with Crippen LogP contribution in [0.1, 0.15) is 53.4 Å². The minimum Gasteiger partial charge on any atom is -1.00 e. The molecule has 0 N–H and O–H groups in total. The normalized spacial score (nSPS) is 14.5. The number of allylic oxidation sites excluding steroid dienone is 8. The molecular formula is C18H28Cl2SiTi-2. The summed E-state index contributed by atoms with van der Waals surface area (Å²) in [5.41, 5.74) is 5.66. The van der Waals surface area contributed by atoms with Gasteiger partial charge in [-0.05, 0) is 0 Å². The molecule has 0 atom stereocenters. The smallest absolute Gasteiger partial charge is 1.00 e. The Balaban J connectivity index is -0.000000249. The first-order valence-corrected chi connectivity index (χ1v) is 12.3. The Bertz CT molecular complexity index is 406. The summed E-state index contributed by atoms with van der Waals surface area (Å²) in [5.74, 6) is 0. The van der Waals surface area contributed by atoms with Gasteiger partial charge < -0.3 is 24.8 Å². The molecule has 124 valence electrons. The Morgan fingerprint density at radius 3 is 1.27 bits per heavy atom. The molecule has 0 saturated carbocycles. The van der Waals surface area contributed by atoms with Crippen LogP contribution in [0.5, 0.6) is 0 Å². The van der Waals surface area contributed by atoms with Crippen LogP contribution in [0.2, 0.25) is 13.1 Å². The van der Waals surface area contributed by atoms with Gasteiger partial charge in [-0.1, -0.05) is 26.7 Å². The van der Waals surface area contributed by atoms with Gasteiger partial charge in [0.15, 0.2) is 0 Å². The maximum absolute atomic E-state index is 3.28. The van der Waals surface area contributed by atoms with E-state index in [0.717, 1.165) is 25.7 Å². The Kier molecular flexibility index (Phi) is 20.3. The number of rotatable bonds is 2. The molecule has 0 fully saturated rings. The van der Waals surface area contributed by atoms with Crippen molar-refractivity contribution in [1.82, 2.24) is 0 Å². The summed E-state index contributed by atoms with van der Waals surface area (Å²) in [7, 11) is 0. The van der Waals surface area contributed by atoms with Crippen molar-refractivity contribution in [2.75, 3.05) is 0 Å². The van der Waals surface area contributed by atoms with Crippen molar-refractivity contribution >= 4 is 6.19 Å². The van der Waals surface area contributed by atoms with Crippen LogP contribution in [0.3, 0.4) is 0 Å². The molecule has 0 spiro atoms. The van der Waals surface area contributed by atoms with Gasteiger partial charge in [0.2, 0.25) is 0 Å². The molecule has 0 nitrogen and oxygen atoms in total. The third-order valence-corrected chi connectivity index (χ3v) is 3.11. The third-order valence-electron chi connectivity index (χ3n) is 3.11. The van der Waals surface area contributed by atoms with E-state index >= 15 is 0 Å². The van der Waals surface area contributed by atoms with Crippen molar-refractivity contribution in [2.45, 2.75) is 66.5 Å². The zero-order valence-corrected chi connectivity index (χ0v) is 18.8. The molecule has 2 rings (SSSR count). The van der Waals surface area contributed by atoms with Crippen LogP contribution in [0.15, 0.2) is 34.4 Å². The zero-order valence-electron chi connectivity index (χ0n) is 14.7. The second-order valence-electron chi connectivity index (χ2n) is 5.20. The van der Waals surface area contributed by atoms with Gasteiger partial charge in [-0.2, -0.15) is 12.2 Å². The van der Waals surface area contributed by atoms with E-state index in [2.05, 4.69) is 84.3 Å². The Labute approximate surface area is 162 Å². The van der Waals surface area contributed by atoms with Gasteiger partial charge in [-0.3, -0.25) is 12.2 Å². The second kappa shape index (κ2) is 16.3. The standard InChI is InChI=1S/2C8H11.C2H6Si.2ClH.Ti/c2*1-3-8-6-4-5-7(8)2;1-3-2;;;/h2*5H,3-4H2,1-2H3;1-2H3;2*1H;/q2*-1;;;;+2/p-2. The van der Waals surface area contributed by atoms with Crippen molar-refractivity contribution in [1.29, 1.82) is 0 Å². The fourth-order valence-electron chi connectivity index (χ4n) is 1.99. The molecule has 0 heterocycles. The molecule has 0 aromatic carbocycles. The van der Waals surface area contributed by atoms with Gasteiger partial charge in [0.1, 0.15) is 0 Å². The van der Waals surface area contributed by atoms with Crippen LogP contribution in [0.25, 0.3) is 0 Å². The first kappa shape index (κ1) is 27.3. The van der Waals surface area contributed by atoms with Gasteiger partial charge in [0, 0.05) is 0 Å². The van der Waals surface area contributed by atoms with Gasteiger partial charge >= 0.3 is 38.5 Å². The van der Waals surface area contributed by atoms with Gasteiger partial charge in [0.05, 0.1) is 0 Å². The SMILES string of the molecule is CCC1=[C-]CC=C1C.CCC1=[C-]CC=C1C.C[Si](C)=[Ti+2].[Cl-].[Cl-]. The molecule has 2 aliphatic carbocycles. The summed E-state index contributed by atoms with van der Waals surface area (Å²) in [6.45, 7) is 13.2. The molecule has 0 aromatic rings. The summed E-state index contributed by atoms with van der Waals surface area (Å²) in [6.07, 6.45) is 15.5. The average Bonchev–Trinajstić information content (AvgIpc) is 2.97. The van der Waals surface area contributed by atoms with Gasteiger partial charge in [-0.25, -0.2) is 22.3 Å². The molecule has 22 heavy (non-hydrogen) atoms. The topological polar surface area (TPSA) is 0 Å². The Hall–Kier alpha value is 0.471. The van der Waals surface area contributed by atoms with E-state index in [1.807, 2.05) is 0 Å². The first-order chi connectivity index (χ1) is 9.42. The van der Waals surface area contributed by atoms with Crippen LogP contribution < -0.4 is 24.8 Å². The molecule has 0 aromatic heterocycles. The second-order valence-corrected chi connectivity index (χ2v) is 11.9. The molecule has 0 bridgehead atoms. The van der Waals surface area contributed by atoms with Crippen LogP contribution in [-0.2, 0) is 19.2 Å². The third kappa shape index (κ3) is 13.0. The van der Waals surface area contributed by atoms with Crippen molar-refractivity contribution in [3.63, 3.8) is 0 Å². The molecule has 0 unspecified atom stereocenters. The zero-order chi connectivity index (χ0) is 15.5. The number of hydrogen-bond acceptors (Lipinski definition) is 0. The molecule has 2 aliphatic rings. The largest absolute Gasteiger partial charge is 1.00 e. The summed E-state index contributed by atoms with van der Waals surface area (Å²) >= 11 is 2.27. The monoisotopic (exact) mass is 390 g/mol. The van der Waals surface area contributed by atoms with Gasteiger partial charge in [-0.15, -0.1) is 26.7 Å². The van der Waals surface area contributed by atoms with Crippen LogP contribution in [-0.4, -0.2) is 6.19 Å². The number of hydrogen-bond donors (Lipinski definition) is 0. The van der Waals surface area contributed by atoms with Gasteiger partial charge in [0.25, 0.3) is 0 Å². The summed E-state index contributed by atoms with van der Waals surface area (Å²) < 4.78 is 0. The van der Waals surface area contributed by atoms with E-state index in [1.165, 1.54) is 22.3 Å². The molecule has 0 amide bonds. The maximum atomic E-state index is 3.28. The molecule has 4 heteroatoms. The van der Waals surface area contributed by atoms with E-state index in [1.54, 1.807) is 0 Å². The summed E-state index contributed by atoms with van der Waals surface area (Å²) in [6, 6.07) is 0. The molecule has 0 saturated heterocycles. The summed E-state index contributed by atoms with van der Waals surface area (Å²) in [5, 5.41) is 0. The van der Waals surface area contributed by atoms with E-state index in [4.69, 9.17) is 0 Å². The molecule has 0 aliphatic heterocycles. The quantitative estimate of drug-likeness (QED) is 0.450. The van der Waals surface area contributed by atoms with Crippen molar-refractivity contribution in [3.05, 3.63) is 46.6 Å². The van der Waals surface area contributed by atoms with Crippen LogP contribution in [0, 0.1) is 12.2 Å². The first-order valence-electron chi connectivity index (χ1n) is 7.47. The average molecular weight is 391 g/mol. The predicted octanol–water partition coefficient (Wildman–Crippen LogP) is -0.256. The molecule has 0 radical (unpaired) electrons. The van der Waals surface area contributed by atoms with E-state index in [0.29, 0.717) is 0 Å². The van der Waals surface area contributed by atoms with Crippen molar-refractivity contribution < 1.29 is 44.0 Å². The van der Waals surface area contributed by atoms with Crippen LogP contribution in [0.4, 0.5) is 0 Å². The Morgan fingerprint density at radius 1 is 0.909 bits per heavy atom. The van der Waals surface area contributed by atoms with E-state index < -0.39 is 0 Å². The van der Waals surface area contributed by atoms with Crippen molar-refractivity contribution in [2.24, 2.45) is 0 Å². The Morgan fingerprint density at radius 2 is 1.18 bits per heavy atom. The minimum absolute atomic E-state index is 0. The predicted molar refractivity (Wildman–Crippen MR) is 88.3 cm³/mol. The fraction of sp³-hybridized carbons (Fsp3) is 0.556. The number of halogens is 2. The minimum atomic E-state index is 0. The van der Waals surface area contributed by atoms with Crippen LogP contribution >= 0.6 is 0 Å².